The van der Waals surface area contributed by atoms with Crippen LogP contribution in [-0.4, -0.2) is 17.0 Å². The zero-order valence-electron chi connectivity index (χ0n) is 8.86. The van der Waals surface area contributed by atoms with E-state index in [2.05, 4.69) is 15.3 Å². The molecule has 2 rings (SSSR count). The summed E-state index contributed by atoms with van der Waals surface area (Å²) in [6.45, 7) is 2.43. The average molecular weight is 208 g/mol. The van der Waals surface area contributed by atoms with Gasteiger partial charge in [-0.05, 0) is 12.8 Å². The maximum absolute atomic E-state index is 5.67. The zero-order valence-corrected chi connectivity index (χ0v) is 8.86. The highest BCUT2D eigenvalue weighted by Crippen LogP contribution is 2.18. The molecule has 0 bridgehead atoms. The molecule has 1 heterocycles. The minimum atomic E-state index is 0.408. The Morgan fingerprint density at radius 3 is 3.13 bits per heavy atom. The summed E-state index contributed by atoms with van der Waals surface area (Å²) in [6.07, 6.45) is 4.96. The van der Waals surface area contributed by atoms with Crippen molar-refractivity contribution in [3.05, 3.63) is 17.8 Å². The van der Waals surface area contributed by atoms with Crippen LogP contribution in [0.25, 0.3) is 0 Å². The topological polar surface area (TPSA) is 76.4 Å². The van der Waals surface area contributed by atoms with Gasteiger partial charge in [0.25, 0.3) is 0 Å². The van der Waals surface area contributed by atoms with Gasteiger partial charge < -0.3 is 15.5 Å². The van der Waals surface area contributed by atoms with E-state index in [9.17, 15) is 0 Å². The van der Waals surface area contributed by atoms with Gasteiger partial charge in [-0.3, -0.25) is 0 Å². The molecule has 1 saturated carbocycles. The number of aryl methyl sites for hydroxylation is 1. The maximum Gasteiger partial charge on any atom is 0.216 e. The van der Waals surface area contributed by atoms with Gasteiger partial charge in [0, 0.05) is 12.5 Å². The van der Waals surface area contributed by atoms with Crippen molar-refractivity contribution in [3.63, 3.8) is 0 Å². The van der Waals surface area contributed by atoms with Gasteiger partial charge in [0.05, 0.1) is 6.20 Å². The van der Waals surface area contributed by atoms with Crippen LogP contribution in [0.1, 0.15) is 31.4 Å². The van der Waals surface area contributed by atoms with Crippen molar-refractivity contribution < 1.29 is 4.42 Å². The third-order valence-electron chi connectivity index (χ3n) is 2.26. The van der Waals surface area contributed by atoms with E-state index in [0.717, 1.165) is 12.2 Å². The molecule has 0 aliphatic heterocycles. The third kappa shape index (κ3) is 2.97. The van der Waals surface area contributed by atoms with Gasteiger partial charge in [-0.2, -0.15) is 0 Å². The highest BCUT2D eigenvalue weighted by Gasteiger charge is 2.21. The Morgan fingerprint density at radius 1 is 1.73 bits per heavy atom. The second kappa shape index (κ2) is 4.33. The molecule has 1 aliphatic rings. The Bertz CT molecular complexity index is 354. The highest BCUT2D eigenvalue weighted by molar-refractivity contribution is 5.78. The van der Waals surface area contributed by atoms with E-state index in [1.54, 1.807) is 6.20 Å². The summed E-state index contributed by atoms with van der Waals surface area (Å²) in [5.74, 6) is 1.98. The van der Waals surface area contributed by atoms with Crippen molar-refractivity contribution in [2.45, 2.75) is 38.8 Å². The summed E-state index contributed by atoms with van der Waals surface area (Å²) < 4.78 is 5.40. The van der Waals surface area contributed by atoms with E-state index in [1.807, 2.05) is 6.92 Å². The first kappa shape index (κ1) is 10.0. The summed E-state index contributed by atoms with van der Waals surface area (Å²) >= 11 is 0. The van der Waals surface area contributed by atoms with Crippen LogP contribution < -0.4 is 11.1 Å². The lowest BCUT2D eigenvalue weighted by atomic mass is 10.4. The Balaban J connectivity index is 1.84. The maximum atomic E-state index is 5.67. The molecule has 3 N–H and O–H groups in total. The van der Waals surface area contributed by atoms with Gasteiger partial charge in [-0.1, -0.05) is 6.92 Å². The predicted molar refractivity (Wildman–Crippen MR) is 57.4 cm³/mol. The smallest absolute Gasteiger partial charge is 0.216 e. The van der Waals surface area contributed by atoms with Gasteiger partial charge >= 0.3 is 0 Å². The molecule has 0 spiro atoms. The molecular formula is C10H16N4O. The van der Waals surface area contributed by atoms with Crippen molar-refractivity contribution in [1.82, 2.24) is 10.3 Å². The van der Waals surface area contributed by atoms with Gasteiger partial charge in [-0.15, -0.1) is 0 Å². The Kier molecular flexibility index (Phi) is 2.89. The van der Waals surface area contributed by atoms with E-state index < -0.39 is 0 Å². The summed E-state index contributed by atoms with van der Waals surface area (Å²) in [4.78, 5) is 8.25. The number of nitrogens with two attached hydrogens (primary N) is 1. The standard InChI is InChI=1S/C10H16N4O/c1-2-8-5-12-9(15-8)6-13-10(11)14-7-3-4-7/h5,7H,2-4,6H2,1H3,(H3,11,13,14). The first-order valence-corrected chi connectivity index (χ1v) is 5.28. The number of guanidine groups is 1. The number of oxazole rings is 1. The lowest BCUT2D eigenvalue weighted by Crippen LogP contribution is -2.33. The molecule has 1 aliphatic carbocycles. The fourth-order valence-corrected chi connectivity index (χ4v) is 1.22. The van der Waals surface area contributed by atoms with Crippen LogP contribution >= 0.6 is 0 Å². The SMILES string of the molecule is CCc1cnc(CN=C(N)NC2CC2)o1. The van der Waals surface area contributed by atoms with Crippen LogP contribution in [0.4, 0.5) is 0 Å². The number of nitrogens with one attached hydrogen (secondary N) is 1. The molecule has 0 atom stereocenters. The number of rotatable bonds is 4. The molecule has 0 unspecified atom stereocenters. The monoisotopic (exact) mass is 208 g/mol. The molecule has 5 heteroatoms. The number of hydrogen-bond donors (Lipinski definition) is 2. The fraction of sp³-hybridized carbons (Fsp3) is 0.600. The lowest BCUT2D eigenvalue weighted by Gasteiger charge is -2.01. The predicted octanol–water partition coefficient (Wildman–Crippen LogP) is 0.804. The molecule has 0 radical (unpaired) electrons. The second-order valence-corrected chi connectivity index (χ2v) is 3.69. The fourth-order valence-electron chi connectivity index (χ4n) is 1.22. The minimum Gasteiger partial charge on any atom is -0.444 e. The van der Waals surface area contributed by atoms with Crippen LogP contribution in [0.5, 0.6) is 0 Å². The third-order valence-corrected chi connectivity index (χ3v) is 2.26. The van der Waals surface area contributed by atoms with Crippen LogP contribution in [-0.2, 0) is 13.0 Å². The van der Waals surface area contributed by atoms with E-state index >= 15 is 0 Å². The van der Waals surface area contributed by atoms with Crippen LogP contribution in [0, 0.1) is 0 Å². The first-order chi connectivity index (χ1) is 7.28. The van der Waals surface area contributed by atoms with Gasteiger partial charge in [0.2, 0.25) is 5.89 Å². The number of nitrogens with zero attached hydrogens (tertiary/aromatic N) is 2. The zero-order chi connectivity index (χ0) is 10.7. The van der Waals surface area contributed by atoms with E-state index in [0.29, 0.717) is 24.4 Å². The normalized spacial score (nSPS) is 16.7. The van der Waals surface area contributed by atoms with Crippen molar-refractivity contribution in [2.24, 2.45) is 10.7 Å². The first-order valence-electron chi connectivity index (χ1n) is 5.28. The van der Waals surface area contributed by atoms with Gasteiger partial charge in [-0.25, -0.2) is 9.98 Å². The Morgan fingerprint density at radius 2 is 2.53 bits per heavy atom. The average Bonchev–Trinajstić information content (AvgIpc) is 2.92. The van der Waals surface area contributed by atoms with Crippen molar-refractivity contribution >= 4 is 5.96 Å². The number of aliphatic imine (C=N–C) groups is 1. The molecule has 0 saturated heterocycles. The molecule has 0 amide bonds. The Hall–Kier alpha value is -1.52. The van der Waals surface area contributed by atoms with E-state index in [1.165, 1.54) is 12.8 Å². The lowest BCUT2D eigenvalue weighted by molar-refractivity contribution is 0.461. The molecule has 5 nitrogen and oxygen atoms in total. The van der Waals surface area contributed by atoms with Crippen LogP contribution in [0.2, 0.25) is 0 Å². The molecular weight excluding hydrogens is 192 g/mol. The minimum absolute atomic E-state index is 0.408. The van der Waals surface area contributed by atoms with Crippen molar-refractivity contribution in [2.75, 3.05) is 0 Å². The number of hydrogen-bond acceptors (Lipinski definition) is 3. The molecule has 15 heavy (non-hydrogen) atoms. The summed E-state index contributed by atoms with van der Waals surface area (Å²) in [5.41, 5.74) is 5.67. The second-order valence-electron chi connectivity index (χ2n) is 3.69. The Labute approximate surface area is 88.8 Å². The van der Waals surface area contributed by atoms with Crippen molar-refractivity contribution in [3.8, 4) is 0 Å². The molecule has 82 valence electrons. The van der Waals surface area contributed by atoms with Gasteiger partial charge in [0.15, 0.2) is 5.96 Å². The molecule has 1 aromatic heterocycles. The summed E-state index contributed by atoms with van der Waals surface area (Å²) in [7, 11) is 0. The van der Waals surface area contributed by atoms with E-state index in [4.69, 9.17) is 10.2 Å². The number of aromatic nitrogens is 1. The summed E-state index contributed by atoms with van der Waals surface area (Å²) in [5, 5.41) is 3.10. The largest absolute Gasteiger partial charge is 0.444 e. The van der Waals surface area contributed by atoms with Crippen LogP contribution in [0.3, 0.4) is 0 Å². The highest BCUT2D eigenvalue weighted by atomic mass is 16.4. The van der Waals surface area contributed by atoms with Crippen LogP contribution in [0.15, 0.2) is 15.6 Å². The summed E-state index contributed by atoms with van der Waals surface area (Å²) in [6, 6.07) is 0.532. The van der Waals surface area contributed by atoms with Crippen molar-refractivity contribution in [1.29, 1.82) is 0 Å². The molecule has 1 aromatic rings. The molecule has 1 fully saturated rings. The van der Waals surface area contributed by atoms with E-state index in [-0.39, 0.29) is 0 Å². The van der Waals surface area contributed by atoms with Gasteiger partial charge in [0.1, 0.15) is 12.3 Å². The quantitative estimate of drug-likeness (QED) is 0.567. The molecule has 0 aromatic carbocycles.